The fraction of sp³-hybridized carbons (Fsp3) is 0.250. The number of rotatable bonds is 3. The summed E-state index contributed by atoms with van der Waals surface area (Å²) >= 11 is 0. The highest BCUT2D eigenvalue weighted by Crippen LogP contribution is 2.29. The van der Waals surface area contributed by atoms with Gasteiger partial charge in [-0.1, -0.05) is 30.3 Å². The van der Waals surface area contributed by atoms with Crippen molar-refractivity contribution in [3.05, 3.63) is 59.7 Å². The largest absolute Gasteiger partial charge is 0.490 e. The van der Waals surface area contributed by atoms with Gasteiger partial charge in [0.1, 0.15) is 11.9 Å². The fourth-order valence-corrected chi connectivity index (χ4v) is 2.35. The van der Waals surface area contributed by atoms with Crippen LogP contribution in [0.15, 0.2) is 48.5 Å². The molecule has 0 fully saturated rings. The minimum atomic E-state index is 0.317. The van der Waals surface area contributed by atoms with Gasteiger partial charge < -0.3 is 10.1 Å². The molecule has 0 spiro atoms. The van der Waals surface area contributed by atoms with E-state index in [9.17, 15) is 0 Å². The second-order valence-electron chi connectivity index (χ2n) is 4.79. The summed E-state index contributed by atoms with van der Waals surface area (Å²) in [5.41, 5.74) is 3.78. The SMILES string of the molecule is CC1Cc2cc(CNc3ccccc3)ccc2O1. The highest BCUT2D eigenvalue weighted by atomic mass is 16.5. The van der Waals surface area contributed by atoms with Gasteiger partial charge in [-0.15, -0.1) is 0 Å². The maximum atomic E-state index is 5.70. The topological polar surface area (TPSA) is 21.3 Å². The Kier molecular flexibility index (Phi) is 2.93. The van der Waals surface area contributed by atoms with Gasteiger partial charge in [0.05, 0.1) is 0 Å². The van der Waals surface area contributed by atoms with Gasteiger partial charge in [-0.05, 0) is 36.2 Å². The number of nitrogens with one attached hydrogen (secondary N) is 1. The molecule has 1 atom stereocenters. The predicted octanol–water partition coefficient (Wildman–Crippen LogP) is 3.62. The Morgan fingerprint density at radius 1 is 1.17 bits per heavy atom. The number of fused-ring (bicyclic) bond motifs is 1. The molecule has 2 aromatic rings. The molecule has 2 heteroatoms. The molecule has 3 rings (SSSR count). The molecule has 2 nitrogen and oxygen atoms in total. The van der Waals surface area contributed by atoms with Crippen LogP contribution < -0.4 is 10.1 Å². The summed E-state index contributed by atoms with van der Waals surface area (Å²) in [6, 6.07) is 16.7. The first-order valence-corrected chi connectivity index (χ1v) is 6.38. The van der Waals surface area contributed by atoms with E-state index in [0.717, 1.165) is 24.4 Å². The van der Waals surface area contributed by atoms with Gasteiger partial charge >= 0.3 is 0 Å². The molecule has 1 unspecified atom stereocenters. The van der Waals surface area contributed by atoms with Crippen LogP contribution in [0.3, 0.4) is 0 Å². The molecule has 0 amide bonds. The zero-order valence-corrected chi connectivity index (χ0v) is 10.5. The molecule has 0 saturated heterocycles. The third kappa shape index (κ3) is 2.33. The summed E-state index contributed by atoms with van der Waals surface area (Å²) in [4.78, 5) is 0. The standard InChI is InChI=1S/C16H17NO/c1-12-9-14-10-13(7-8-16(14)18-12)11-17-15-5-3-2-4-6-15/h2-8,10,12,17H,9,11H2,1H3. The van der Waals surface area contributed by atoms with Gasteiger partial charge in [0.2, 0.25) is 0 Å². The predicted molar refractivity (Wildman–Crippen MR) is 74.0 cm³/mol. The lowest BCUT2D eigenvalue weighted by molar-refractivity contribution is 0.254. The Morgan fingerprint density at radius 2 is 2.00 bits per heavy atom. The molecular weight excluding hydrogens is 222 g/mol. The van der Waals surface area contributed by atoms with Crippen LogP contribution >= 0.6 is 0 Å². The molecule has 0 aromatic heterocycles. The highest BCUT2D eigenvalue weighted by Gasteiger charge is 2.18. The van der Waals surface area contributed by atoms with E-state index >= 15 is 0 Å². The Balaban J connectivity index is 1.69. The van der Waals surface area contributed by atoms with Crippen molar-refractivity contribution in [2.75, 3.05) is 5.32 Å². The fourth-order valence-electron chi connectivity index (χ4n) is 2.35. The first-order chi connectivity index (χ1) is 8.81. The first kappa shape index (κ1) is 11.1. The first-order valence-electron chi connectivity index (χ1n) is 6.38. The minimum Gasteiger partial charge on any atom is -0.490 e. The number of hydrogen-bond donors (Lipinski definition) is 1. The van der Waals surface area contributed by atoms with Gasteiger partial charge in [-0.2, -0.15) is 0 Å². The third-order valence-corrected chi connectivity index (χ3v) is 3.23. The van der Waals surface area contributed by atoms with Crippen molar-refractivity contribution in [1.29, 1.82) is 0 Å². The zero-order valence-electron chi connectivity index (χ0n) is 10.5. The number of anilines is 1. The number of benzene rings is 2. The van der Waals surface area contributed by atoms with Crippen molar-refractivity contribution in [3.63, 3.8) is 0 Å². The van der Waals surface area contributed by atoms with Crippen molar-refractivity contribution < 1.29 is 4.74 Å². The number of hydrogen-bond acceptors (Lipinski definition) is 2. The van der Waals surface area contributed by atoms with Gasteiger partial charge in [0.25, 0.3) is 0 Å². The van der Waals surface area contributed by atoms with E-state index in [0.29, 0.717) is 6.10 Å². The van der Waals surface area contributed by atoms with Gasteiger partial charge in [-0.3, -0.25) is 0 Å². The van der Waals surface area contributed by atoms with Crippen LogP contribution in [0.25, 0.3) is 0 Å². The summed E-state index contributed by atoms with van der Waals surface area (Å²) < 4.78 is 5.70. The minimum absolute atomic E-state index is 0.317. The Morgan fingerprint density at radius 3 is 2.83 bits per heavy atom. The van der Waals surface area contributed by atoms with E-state index in [1.807, 2.05) is 18.2 Å². The molecule has 0 radical (unpaired) electrons. The lowest BCUT2D eigenvalue weighted by atomic mass is 10.1. The summed E-state index contributed by atoms with van der Waals surface area (Å²) in [5, 5.41) is 3.42. The Bertz CT molecular complexity index is 536. The van der Waals surface area contributed by atoms with Crippen molar-refractivity contribution in [2.24, 2.45) is 0 Å². The molecule has 18 heavy (non-hydrogen) atoms. The molecule has 0 saturated carbocycles. The molecule has 1 heterocycles. The van der Waals surface area contributed by atoms with E-state index in [2.05, 4.69) is 42.6 Å². The lowest BCUT2D eigenvalue weighted by Crippen LogP contribution is -2.05. The Hall–Kier alpha value is -1.96. The molecule has 1 N–H and O–H groups in total. The molecule has 1 aliphatic rings. The van der Waals surface area contributed by atoms with E-state index in [4.69, 9.17) is 4.74 Å². The van der Waals surface area contributed by atoms with Crippen LogP contribution in [0.2, 0.25) is 0 Å². The van der Waals surface area contributed by atoms with Crippen LogP contribution in [-0.2, 0) is 13.0 Å². The van der Waals surface area contributed by atoms with Crippen LogP contribution in [0.1, 0.15) is 18.1 Å². The van der Waals surface area contributed by atoms with E-state index < -0.39 is 0 Å². The Labute approximate surface area is 108 Å². The molecular formula is C16H17NO. The summed E-state index contributed by atoms with van der Waals surface area (Å²) in [5.74, 6) is 1.05. The summed E-state index contributed by atoms with van der Waals surface area (Å²) in [6.45, 7) is 2.97. The highest BCUT2D eigenvalue weighted by molar-refractivity contribution is 5.45. The molecule has 0 aliphatic carbocycles. The van der Waals surface area contributed by atoms with E-state index in [1.54, 1.807) is 0 Å². The average molecular weight is 239 g/mol. The van der Waals surface area contributed by atoms with Crippen LogP contribution in [0.4, 0.5) is 5.69 Å². The van der Waals surface area contributed by atoms with Gasteiger partial charge in [0, 0.05) is 18.7 Å². The van der Waals surface area contributed by atoms with Crippen LogP contribution in [-0.4, -0.2) is 6.10 Å². The maximum Gasteiger partial charge on any atom is 0.123 e. The monoisotopic (exact) mass is 239 g/mol. The lowest BCUT2D eigenvalue weighted by Gasteiger charge is -2.07. The quantitative estimate of drug-likeness (QED) is 0.883. The van der Waals surface area contributed by atoms with Crippen molar-refractivity contribution in [2.45, 2.75) is 26.0 Å². The molecule has 0 bridgehead atoms. The van der Waals surface area contributed by atoms with Crippen molar-refractivity contribution in [3.8, 4) is 5.75 Å². The second kappa shape index (κ2) is 4.73. The summed E-state index contributed by atoms with van der Waals surface area (Å²) in [7, 11) is 0. The van der Waals surface area contributed by atoms with Crippen LogP contribution in [0.5, 0.6) is 5.75 Å². The van der Waals surface area contributed by atoms with Gasteiger partial charge in [-0.25, -0.2) is 0 Å². The smallest absolute Gasteiger partial charge is 0.123 e. The maximum absolute atomic E-state index is 5.70. The summed E-state index contributed by atoms with van der Waals surface area (Å²) in [6.07, 6.45) is 1.34. The second-order valence-corrected chi connectivity index (χ2v) is 4.79. The van der Waals surface area contributed by atoms with Gasteiger partial charge in [0.15, 0.2) is 0 Å². The molecule has 1 aliphatic heterocycles. The normalized spacial score (nSPS) is 17.1. The van der Waals surface area contributed by atoms with Crippen molar-refractivity contribution >= 4 is 5.69 Å². The van der Waals surface area contributed by atoms with E-state index in [1.165, 1.54) is 11.1 Å². The molecule has 2 aromatic carbocycles. The zero-order chi connectivity index (χ0) is 12.4. The van der Waals surface area contributed by atoms with Crippen LogP contribution in [0, 0.1) is 0 Å². The average Bonchev–Trinajstić information content (AvgIpc) is 2.77. The van der Waals surface area contributed by atoms with E-state index in [-0.39, 0.29) is 0 Å². The third-order valence-electron chi connectivity index (χ3n) is 3.23. The molecule has 92 valence electrons. The van der Waals surface area contributed by atoms with Crippen molar-refractivity contribution in [1.82, 2.24) is 0 Å². The number of para-hydroxylation sites is 1. The number of ether oxygens (including phenoxy) is 1.